The van der Waals surface area contributed by atoms with Gasteiger partial charge in [0.05, 0.1) is 0 Å². The Hall–Kier alpha value is -2.22. The van der Waals surface area contributed by atoms with E-state index in [1.54, 1.807) is 0 Å². The summed E-state index contributed by atoms with van der Waals surface area (Å²) in [6.07, 6.45) is 0.574. The van der Waals surface area contributed by atoms with Crippen molar-refractivity contribution in [3.05, 3.63) is 71.8 Å². The Morgan fingerprint density at radius 1 is 0.686 bits per heavy atom. The van der Waals surface area contributed by atoms with Crippen molar-refractivity contribution in [3.63, 3.8) is 0 Å². The number of nitrogens with zero attached hydrogens (tertiary/aromatic N) is 2. The number of benzene rings is 2. The van der Waals surface area contributed by atoms with Crippen LogP contribution in [-0.4, -0.2) is 42.4 Å². The van der Waals surface area contributed by atoms with Crippen molar-refractivity contribution in [3.8, 4) is 0 Å². The van der Waals surface area contributed by atoms with Crippen LogP contribution in [0.2, 0.25) is 0 Å². The maximum atomic E-state index is 12.6. The fourth-order valence-corrected chi connectivity index (χ4v) is 3.51. The van der Waals surface area contributed by atoms with Crippen molar-refractivity contribution in [2.45, 2.75) is 59.3 Å². The summed E-state index contributed by atoms with van der Waals surface area (Å²) in [5.74, 6) is -0.00822. The molecule has 0 fully saturated rings. The molecule has 4 N–H and O–H groups in total. The number of hydrogen-bond acceptors (Lipinski definition) is 6. The standard InChI is InChI=1S/C27H40N4O2.Cu.H2O/c1-20(2)24(30-18-22-12-7-5-8-13-22)26(32)28-16-11-17-29-27(33)25(21(3)4)31-19-23-14-9-6-10-15-23;;/h5-10,12-15,20-21,24-25,30-31H,11,16-19H2,1-4H3,(H,28,32)(H,29,33);;1H2/q;+2;/p-2/t24-,25-;;/m0../s1. The summed E-state index contributed by atoms with van der Waals surface area (Å²) in [7, 11) is 0. The fourth-order valence-electron chi connectivity index (χ4n) is 3.51. The van der Waals surface area contributed by atoms with Crippen LogP contribution in [0, 0.1) is 11.8 Å². The molecule has 2 atom stereocenters. The molecule has 197 valence electrons. The van der Waals surface area contributed by atoms with E-state index in [0.29, 0.717) is 32.6 Å². The van der Waals surface area contributed by atoms with Gasteiger partial charge in [-0.05, 0) is 41.2 Å². The van der Waals surface area contributed by atoms with Crippen LogP contribution in [0.3, 0.4) is 0 Å². The molecule has 0 heterocycles. The van der Waals surface area contributed by atoms with Gasteiger partial charge in [-0.3, -0.25) is 0 Å². The van der Waals surface area contributed by atoms with E-state index in [0.717, 1.165) is 11.1 Å². The van der Waals surface area contributed by atoms with Crippen LogP contribution >= 0.6 is 0 Å². The quantitative estimate of drug-likeness (QED) is 0.166. The molecule has 2 rings (SSSR count). The van der Waals surface area contributed by atoms with Gasteiger partial charge in [0.15, 0.2) is 0 Å². The molecule has 0 aliphatic carbocycles. The molecule has 0 bridgehead atoms. The van der Waals surface area contributed by atoms with Gasteiger partial charge in [-0.2, -0.15) is 0 Å². The second-order valence-electron chi connectivity index (χ2n) is 8.97. The topological polar surface area (TPSA) is 126 Å². The monoisotopic (exact) mass is 531 g/mol. The van der Waals surface area contributed by atoms with E-state index >= 15 is 0 Å². The average molecular weight is 532 g/mol. The molecule has 0 saturated carbocycles. The zero-order valence-electron chi connectivity index (χ0n) is 21.1. The molecule has 1 radical (unpaired) electrons. The smallest absolute Gasteiger partial charge is 0.861 e. The van der Waals surface area contributed by atoms with E-state index in [1.165, 1.54) is 0 Å². The summed E-state index contributed by atoms with van der Waals surface area (Å²) in [6, 6.07) is 19.4. The molecule has 2 aromatic rings. The maximum Gasteiger partial charge on any atom is 2.00 e. The van der Waals surface area contributed by atoms with Gasteiger partial charge in [0, 0.05) is 38.3 Å². The number of aliphatic imine (C=N–C) groups is 2. The second kappa shape index (κ2) is 18.1. The Kier molecular flexibility index (Phi) is 17.0. The zero-order valence-corrected chi connectivity index (χ0v) is 22.1. The minimum absolute atomic E-state index is 0. The van der Waals surface area contributed by atoms with Gasteiger partial charge in [-0.25, -0.2) is 0 Å². The first kappa shape index (κ1) is 32.8. The molecule has 7 nitrogen and oxygen atoms in total. The third kappa shape index (κ3) is 12.3. The third-order valence-electron chi connectivity index (χ3n) is 5.45. The Balaban J connectivity index is 0.00000578. The van der Waals surface area contributed by atoms with Crippen molar-refractivity contribution < 1.29 is 32.8 Å². The summed E-state index contributed by atoms with van der Waals surface area (Å²) >= 11 is 0. The summed E-state index contributed by atoms with van der Waals surface area (Å²) in [5, 5.41) is 31.8. The van der Waals surface area contributed by atoms with Crippen LogP contribution in [0.4, 0.5) is 0 Å². The first-order chi connectivity index (χ1) is 15.9. The third-order valence-corrected chi connectivity index (χ3v) is 5.45. The number of hydrogen-bond donors (Lipinski definition) is 2. The largest absolute Gasteiger partial charge is 2.00 e. The Labute approximate surface area is 221 Å². The van der Waals surface area contributed by atoms with E-state index in [-0.39, 0.29) is 58.3 Å². The van der Waals surface area contributed by atoms with Gasteiger partial charge in [0.25, 0.3) is 0 Å². The van der Waals surface area contributed by atoms with Crippen molar-refractivity contribution >= 4 is 11.8 Å². The Bertz CT molecular complexity index is 790. The predicted molar refractivity (Wildman–Crippen MR) is 137 cm³/mol. The van der Waals surface area contributed by atoms with Crippen LogP contribution in [0.15, 0.2) is 70.6 Å². The molecule has 0 amide bonds. The van der Waals surface area contributed by atoms with Gasteiger partial charge in [-0.15, -0.1) is 0 Å². The van der Waals surface area contributed by atoms with E-state index in [4.69, 9.17) is 0 Å². The van der Waals surface area contributed by atoms with Crippen molar-refractivity contribution in [1.82, 2.24) is 10.6 Å². The van der Waals surface area contributed by atoms with Crippen LogP contribution in [-0.2, 0) is 30.2 Å². The van der Waals surface area contributed by atoms with Crippen molar-refractivity contribution in [2.75, 3.05) is 13.1 Å². The first-order valence-electron chi connectivity index (χ1n) is 11.9. The zero-order chi connectivity index (χ0) is 24.1. The average Bonchev–Trinajstić information content (AvgIpc) is 2.80. The molecule has 2 aromatic carbocycles. The Morgan fingerprint density at radius 2 is 1.03 bits per heavy atom. The molecule has 0 unspecified atom stereocenters. The second-order valence-corrected chi connectivity index (χ2v) is 8.97. The molecular formula is C27H40CuN4O3. The van der Waals surface area contributed by atoms with Gasteiger partial charge >= 0.3 is 17.1 Å². The summed E-state index contributed by atoms with van der Waals surface area (Å²) in [5.41, 5.74) is 2.27. The summed E-state index contributed by atoms with van der Waals surface area (Å²) < 4.78 is 0. The molecule has 0 aliphatic heterocycles. The molecule has 0 aliphatic rings. The van der Waals surface area contributed by atoms with E-state index in [9.17, 15) is 10.2 Å². The summed E-state index contributed by atoms with van der Waals surface area (Å²) in [6.45, 7) is 10.0. The van der Waals surface area contributed by atoms with Gasteiger partial charge in [0.2, 0.25) is 0 Å². The number of nitrogens with one attached hydrogen (secondary N) is 2. The van der Waals surface area contributed by atoms with Crippen molar-refractivity contribution in [2.24, 2.45) is 21.8 Å². The predicted octanol–water partition coefficient (Wildman–Crippen LogP) is 1.70. The summed E-state index contributed by atoms with van der Waals surface area (Å²) in [4.78, 5) is 8.45. The van der Waals surface area contributed by atoms with Gasteiger partial charge in [0.1, 0.15) is 0 Å². The molecule has 0 aromatic heterocycles. The van der Waals surface area contributed by atoms with Crippen LogP contribution in [0.5, 0.6) is 0 Å². The molecule has 0 spiro atoms. The van der Waals surface area contributed by atoms with E-state index in [1.807, 2.05) is 88.4 Å². The maximum absolute atomic E-state index is 12.6. The molecule has 35 heavy (non-hydrogen) atoms. The van der Waals surface area contributed by atoms with Crippen molar-refractivity contribution in [1.29, 1.82) is 0 Å². The van der Waals surface area contributed by atoms with Gasteiger partial charge < -0.3 is 36.3 Å². The Morgan fingerprint density at radius 3 is 1.34 bits per heavy atom. The minimum atomic E-state index is -0.323. The SMILES string of the molecule is CC(C)[C@H](NCc1ccccc1)C([O-])=NCCCN=C([O-])[C@@H](NCc1ccccc1)C(C)C.O.[Cu+2]. The van der Waals surface area contributed by atoms with Gasteiger partial charge in [-0.1, -0.05) is 88.4 Å². The fraction of sp³-hybridized carbons (Fsp3) is 0.481. The van der Waals surface area contributed by atoms with Crippen LogP contribution < -0.4 is 20.8 Å². The normalized spacial score (nSPS) is 13.8. The number of rotatable bonds is 14. The first-order valence-corrected chi connectivity index (χ1v) is 11.9. The molecule has 0 saturated heterocycles. The minimum Gasteiger partial charge on any atom is -0.861 e. The molecule has 8 heteroatoms. The van der Waals surface area contributed by atoms with Crippen LogP contribution in [0.1, 0.15) is 45.2 Å². The molecular weight excluding hydrogens is 492 g/mol. The van der Waals surface area contributed by atoms with E-state index in [2.05, 4.69) is 20.6 Å². The van der Waals surface area contributed by atoms with E-state index < -0.39 is 0 Å². The van der Waals surface area contributed by atoms with Crippen LogP contribution in [0.25, 0.3) is 0 Å².